The summed E-state index contributed by atoms with van der Waals surface area (Å²) in [6, 6.07) is 5.75. The van der Waals surface area contributed by atoms with Gasteiger partial charge in [-0.05, 0) is 24.0 Å². The molecule has 26 heavy (non-hydrogen) atoms. The molecule has 2 rings (SSSR count). The van der Waals surface area contributed by atoms with Crippen LogP contribution in [0.3, 0.4) is 0 Å². The van der Waals surface area contributed by atoms with Crippen LogP contribution >= 0.6 is 0 Å². The summed E-state index contributed by atoms with van der Waals surface area (Å²) in [4.78, 5) is 38.6. The highest BCUT2D eigenvalue weighted by molar-refractivity contribution is 5.90. The average Bonchev–Trinajstić information content (AvgIpc) is 2.95. The van der Waals surface area contributed by atoms with E-state index in [0.717, 1.165) is 16.5 Å². The van der Waals surface area contributed by atoms with Gasteiger partial charge in [0.05, 0.1) is 0 Å². The molecule has 1 heterocycles. The third-order valence-corrected chi connectivity index (χ3v) is 4.11. The summed E-state index contributed by atoms with van der Waals surface area (Å²) in [5.41, 5.74) is 1.72. The van der Waals surface area contributed by atoms with E-state index in [2.05, 4.69) is 15.6 Å². The molecule has 4 N–H and O–H groups in total. The Morgan fingerprint density at radius 2 is 1.81 bits per heavy atom. The van der Waals surface area contributed by atoms with Crippen molar-refractivity contribution in [3.8, 4) is 0 Å². The Hall–Kier alpha value is -2.83. The monoisotopic (exact) mass is 359 g/mol. The highest BCUT2D eigenvalue weighted by atomic mass is 16.4. The van der Waals surface area contributed by atoms with Crippen LogP contribution in [0.1, 0.15) is 32.8 Å². The van der Waals surface area contributed by atoms with Crippen LogP contribution in [0.2, 0.25) is 0 Å². The number of H-pyrrole nitrogens is 1. The SMILES string of the molecule is CC(=O)N[C@@H](CC(C)C)C(=O)N[C@H](Cc1c[nH]c2ccccc12)C(=O)O. The fraction of sp³-hybridized carbons (Fsp3) is 0.421. The van der Waals surface area contributed by atoms with Gasteiger partial charge in [-0.25, -0.2) is 4.79 Å². The van der Waals surface area contributed by atoms with Crippen molar-refractivity contribution in [2.75, 3.05) is 0 Å². The number of aliphatic carboxylic acids is 1. The number of hydrogen-bond acceptors (Lipinski definition) is 3. The number of hydrogen-bond donors (Lipinski definition) is 4. The summed E-state index contributed by atoms with van der Waals surface area (Å²) >= 11 is 0. The van der Waals surface area contributed by atoms with Gasteiger partial charge in [0.1, 0.15) is 12.1 Å². The summed E-state index contributed by atoms with van der Waals surface area (Å²) in [7, 11) is 0. The molecule has 0 saturated heterocycles. The van der Waals surface area contributed by atoms with Gasteiger partial charge in [-0.15, -0.1) is 0 Å². The van der Waals surface area contributed by atoms with Crippen LogP contribution in [0.15, 0.2) is 30.5 Å². The number of aromatic amines is 1. The smallest absolute Gasteiger partial charge is 0.326 e. The average molecular weight is 359 g/mol. The van der Waals surface area contributed by atoms with E-state index < -0.39 is 24.0 Å². The van der Waals surface area contributed by atoms with Gasteiger partial charge in [-0.3, -0.25) is 9.59 Å². The number of aromatic nitrogens is 1. The second kappa shape index (κ2) is 8.51. The molecule has 0 radical (unpaired) electrons. The molecule has 2 aromatic rings. The van der Waals surface area contributed by atoms with E-state index in [0.29, 0.717) is 6.42 Å². The lowest BCUT2D eigenvalue weighted by atomic mass is 10.0. The fourth-order valence-corrected chi connectivity index (χ4v) is 2.94. The van der Waals surface area contributed by atoms with Crippen LogP contribution < -0.4 is 10.6 Å². The van der Waals surface area contributed by atoms with Crippen LogP contribution in [-0.2, 0) is 20.8 Å². The molecule has 1 aromatic carbocycles. The van der Waals surface area contributed by atoms with Gasteiger partial charge >= 0.3 is 5.97 Å². The van der Waals surface area contributed by atoms with Crippen LogP contribution in [-0.4, -0.2) is 40.0 Å². The topological polar surface area (TPSA) is 111 Å². The molecule has 7 heteroatoms. The van der Waals surface area contributed by atoms with Crippen molar-refractivity contribution in [3.63, 3.8) is 0 Å². The number of carbonyl (C=O) groups excluding carboxylic acids is 2. The predicted molar refractivity (Wildman–Crippen MR) is 98.6 cm³/mol. The highest BCUT2D eigenvalue weighted by Gasteiger charge is 2.27. The summed E-state index contributed by atoms with van der Waals surface area (Å²) in [6.45, 7) is 5.20. The lowest BCUT2D eigenvalue weighted by molar-refractivity contribution is -0.142. The van der Waals surface area contributed by atoms with Crippen molar-refractivity contribution in [1.29, 1.82) is 0 Å². The minimum Gasteiger partial charge on any atom is -0.480 e. The number of carboxylic acids is 1. The van der Waals surface area contributed by atoms with E-state index in [9.17, 15) is 19.5 Å². The molecule has 0 bridgehead atoms. The molecular formula is C19H25N3O4. The minimum atomic E-state index is -1.12. The third kappa shape index (κ3) is 5.08. The Bertz CT molecular complexity index is 797. The van der Waals surface area contributed by atoms with Gasteiger partial charge < -0.3 is 20.7 Å². The fourth-order valence-electron chi connectivity index (χ4n) is 2.94. The van der Waals surface area contributed by atoms with Gasteiger partial charge in [0.25, 0.3) is 0 Å². The Morgan fingerprint density at radius 3 is 2.42 bits per heavy atom. The lowest BCUT2D eigenvalue weighted by Crippen LogP contribution is -2.52. The number of fused-ring (bicyclic) bond motifs is 1. The van der Waals surface area contributed by atoms with E-state index >= 15 is 0 Å². The first kappa shape index (κ1) is 19.5. The van der Waals surface area contributed by atoms with Crippen molar-refractivity contribution >= 4 is 28.7 Å². The van der Waals surface area contributed by atoms with Gasteiger partial charge in [0.2, 0.25) is 11.8 Å². The highest BCUT2D eigenvalue weighted by Crippen LogP contribution is 2.19. The zero-order valence-corrected chi connectivity index (χ0v) is 15.2. The van der Waals surface area contributed by atoms with E-state index in [1.54, 1.807) is 6.20 Å². The Morgan fingerprint density at radius 1 is 1.12 bits per heavy atom. The van der Waals surface area contributed by atoms with Crippen molar-refractivity contribution in [2.24, 2.45) is 5.92 Å². The Labute approximate surface area is 152 Å². The minimum absolute atomic E-state index is 0.152. The molecule has 2 amide bonds. The number of carbonyl (C=O) groups is 3. The molecule has 0 saturated carbocycles. The maximum Gasteiger partial charge on any atom is 0.326 e. The Balaban J connectivity index is 2.14. The Kier molecular flexibility index (Phi) is 6.38. The maximum absolute atomic E-state index is 12.5. The standard InChI is InChI=1S/C19H25N3O4/c1-11(2)8-16(21-12(3)23)18(24)22-17(19(25)26)9-13-10-20-15-7-5-4-6-14(13)15/h4-7,10-11,16-17,20H,8-9H2,1-3H3,(H,21,23)(H,22,24)(H,25,26)/t16-,17+/m0/s1. The molecular weight excluding hydrogens is 334 g/mol. The van der Waals surface area contributed by atoms with Crippen LogP contribution in [0.5, 0.6) is 0 Å². The number of para-hydroxylation sites is 1. The normalized spacial score (nSPS) is 13.4. The molecule has 2 atom stereocenters. The van der Waals surface area contributed by atoms with Crippen molar-refractivity contribution in [1.82, 2.24) is 15.6 Å². The van der Waals surface area contributed by atoms with Crippen molar-refractivity contribution < 1.29 is 19.5 Å². The molecule has 0 aliphatic heterocycles. The van der Waals surface area contributed by atoms with E-state index in [1.165, 1.54) is 6.92 Å². The number of carboxylic acid groups (broad SMARTS) is 1. The number of benzene rings is 1. The first-order valence-corrected chi connectivity index (χ1v) is 8.63. The lowest BCUT2D eigenvalue weighted by Gasteiger charge is -2.22. The first-order valence-electron chi connectivity index (χ1n) is 8.63. The molecule has 0 aliphatic carbocycles. The van der Waals surface area contributed by atoms with Crippen LogP contribution in [0, 0.1) is 5.92 Å². The van der Waals surface area contributed by atoms with Gasteiger partial charge in [0, 0.05) is 30.4 Å². The third-order valence-electron chi connectivity index (χ3n) is 4.11. The zero-order chi connectivity index (χ0) is 19.3. The van der Waals surface area contributed by atoms with E-state index in [-0.39, 0.29) is 18.2 Å². The van der Waals surface area contributed by atoms with Gasteiger partial charge in [-0.2, -0.15) is 0 Å². The number of amides is 2. The predicted octanol–water partition coefficient (Wildman–Crippen LogP) is 1.83. The second-order valence-electron chi connectivity index (χ2n) is 6.85. The molecule has 7 nitrogen and oxygen atoms in total. The maximum atomic E-state index is 12.5. The largest absolute Gasteiger partial charge is 0.480 e. The van der Waals surface area contributed by atoms with Crippen molar-refractivity contribution in [2.45, 2.75) is 45.7 Å². The van der Waals surface area contributed by atoms with Crippen LogP contribution in [0.4, 0.5) is 0 Å². The van der Waals surface area contributed by atoms with Gasteiger partial charge in [0.15, 0.2) is 0 Å². The summed E-state index contributed by atoms with van der Waals surface area (Å²) in [6.07, 6.45) is 2.34. The molecule has 0 aliphatic rings. The van der Waals surface area contributed by atoms with E-state index in [4.69, 9.17) is 0 Å². The number of rotatable bonds is 8. The molecule has 140 valence electrons. The molecule has 1 aromatic heterocycles. The summed E-state index contributed by atoms with van der Waals surface area (Å²) in [5, 5.41) is 15.6. The number of nitrogens with one attached hydrogen (secondary N) is 3. The second-order valence-corrected chi connectivity index (χ2v) is 6.85. The van der Waals surface area contributed by atoms with Crippen LogP contribution in [0.25, 0.3) is 10.9 Å². The summed E-state index contributed by atoms with van der Waals surface area (Å²) < 4.78 is 0. The zero-order valence-electron chi connectivity index (χ0n) is 15.2. The molecule has 0 spiro atoms. The van der Waals surface area contributed by atoms with E-state index in [1.807, 2.05) is 38.1 Å². The van der Waals surface area contributed by atoms with Crippen molar-refractivity contribution in [3.05, 3.63) is 36.0 Å². The first-order chi connectivity index (χ1) is 12.3. The summed E-state index contributed by atoms with van der Waals surface area (Å²) in [5.74, 6) is -1.75. The van der Waals surface area contributed by atoms with Gasteiger partial charge in [-0.1, -0.05) is 32.0 Å². The quantitative estimate of drug-likeness (QED) is 0.576. The molecule has 0 fully saturated rings. The molecule has 0 unspecified atom stereocenters.